The number of benzene rings is 1. The van der Waals surface area contributed by atoms with E-state index in [1.54, 1.807) is 6.07 Å². The molecule has 1 N–H and O–H groups in total. The minimum atomic E-state index is -0.516. The van der Waals surface area contributed by atoms with Gasteiger partial charge in [-0.25, -0.2) is 0 Å². The highest BCUT2D eigenvalue weighted by Gasteiger charge is 2.16. The summed E-state index contributed by atoms with van der Waals surface area (Å²) in [5.74, 6) is 0.289. The van der Waals surface area contributed by atoms with Crippen molar-refractivity contribution < 1.29 is 9.21 Å². The Labute approximate surface area is 146 Å². The zero-order chi connectivity index (χ0) is 17.3. The van der Waals surface area contributed by atoms with Crippen LogP contribution in [0.4, 0.5) is 5.13 Å². The van der Waals surface area contributed by atoms with Crippen LogP contribution in [-0.4, -0.2) is 21.0 Å². The number of nitrogens with one attached hydrogen (secondary N) is 1. The van der Waals surface area contributed by atoms with E-state index in [-0.39, 0.29) is 11.2 Å². The summed E-state index contributed by atoms with van der Waals surface area (Å²) in [6.07, 6.45) is 0. The van der Waals surface area contributed by atoms with Crippen LogP contribution in [-0.2, 0) is 0 Å². The molecule has 3 rings (SSSR count). The molecule has 0 bridgehead atoms. The summed E-state index contributed by atoms with van der Waals surface area (Å²) in [5.41, 5.74) is 1.96. The number of thioether (sulfide) groups is 1. The largest absolute Gasteiger partial charge is 0.451 e. The van der Waals surface area contributed by atoms with Crippen molar-refractivity contribution in [3.8, 4) is 0 Å². The van der Waals surface area contributed by atoms with Crippen LogP contribution in [0.5, 0.6) is 0 Å². The summed E-state index contributed by atoms with van der Waals surface area (Å²) in [7, 11) is 0. The molecule has 0 aliphatic rings. The molecule has 1 amide bonds. The number of carbonyl (C=O) groups is 1. The van der Waals surface area contributed by atoms with Gasteiger partial charge in [0.15, 0.2) is 11.2 Å². The Morgan fingerprint density at radius 1 is 1.33 bits per heavy atom. The second kappa shape index (κ2) is 6.74. The molecule has 0 saturated carbocycles. The van der Waals surface area contributed by atoms with Crippen LogP contribution in [0.3, 0.4) is 0 Å². The summed E-state index contributed by atoms with van der Waals surface area (Å²) in [6, 6.07) is 4.87. The highest BCUT2D eigenvalue weighted by molar-refractivity contribution is 7.99. The number of hydrogen-bond acceptors (Lipinski definition) is 7. The summed E-state index contributed by atoms with van der Waals surface area (Å²) in [4.78, 5) is 28.8. The molecule has 24 heavy (non-hydrogen) atoms. The highest BCUT2D eigenvalue weighted by Crippen LogP contribution is 2.22. The van der Waals surface area contributed by atoms with Crippen LogP contribution in [0.2, 0.25) is 0 Å². The number of carbonyl (C=O) groups excluding carboxylic acids is 1. The molecular weight excluding hydrogens is 346 g/mol. The third kappa shape index (κ3) is 3.34. The van der Waals surface area contributed by atoms with Gasteiger partial charge in [-0.3, -0.25) is 14.9 Å². The molecule has 2 heterocycles. The van der Waals surface area contributed by atoms with E-state index in [0.717, 1.165) is 28.4 Å². The maximum Gasteiger partial charge on any atom is 0.293 e. The number of rotatable bonds is 4. The number of fused-ring (bicyclic) bond motifs is 1. The van der Waals surface area contributed by atoms with Gasteiger partial charge in [-0.15, -0.1) is 0 Å². The number of nitrogens with zero attached hydrogens (tertiary/aromatic N) is 2. The average Bonchev–Trinajstić information content (AvgIpc) is 2.93. The lowest BCUT2D eigenvalue weighted by molar-refractivity contribution is 0.0997. The normalized spacial score (nSPS) is 11.0. The first-order valence-corrected chi connectivity index (χ1v) is 9.06. The first-order chi connectivity index (χ1) is 11.5. The van der Waals surface area contributed by atoms with Gasteiger partial charge < -0.3 is 4.42 Å². The minimum Gasteiger partial charge on any atom is -0.451 e. The number of aromatic nitrogens is 2. The van der Waals surface area contributed by atoms with Crippen molar-refractivity contribution in [1.82, 2.24) is 9.36 Å². The zero-order valence-corrected chi connectivity index (χ0v) is 15.0. The molecule has 0 spiro atoms. The van der Waals surface area contributed by atoms with Crippen LogP contribution in [0.15, 0.2) is 32.6 Å². The number of hydrogen-bond donors (Lipinski definition) is 1. The third-order valence-electron chi connectivity index (χ3n) is 3.30. The van der Waals surface area contributed by atoms with E-state index in [2.05, 4.69) is 14.7 Å². The summed E-state index contributed by atoms with van der Waals surface area (Å²) in [6.45, 7) is 5.76. The van der Waals surface area contributed by atoms with Gasteiger partial charge in [0.1, 0.15) is 5.58 Å². The van der Waals surface area contributed by atoms with Crippen molar-refractivity contribution in [1.29, 1.82) is 0 Å². The predicted molar refractivity (Wildman–Crippen MR) is 96.2 cm³/mol. The van der Waals surface area contributed by atoms with Gasteiger partial charge >= 0.3 is 0 Å². The highest BCUT2D eigenvalue weighted by atomic mass is 32.2. The molecule has 2 aromatic heterocycles. The molecule has 0 aliphatic carbocycles. The topological polar surface area (TPSA) is 85.1 Å². The molecule has 0 radical (unpaired) electrons. The lowest BCUT2D eigenvalue weighted by Gasteiger charge is -2.05. The van der Waals surface area contributed by atoms with E-state index >= 15 is 0 Å². The van der Waals surface area contributed by atoms with E-state index in [1.807, 2.05) is 26.8 Å². The Morgan fingerprint density at radius 2 is 2.12 bits per heavy atom. The van der Waals surface area contributed by atoms with Crippen LogP contribution in [0.1, 0.15) is 28.6 Å². The Balaban J connectivity index is 1.93. The molecule has 0 saturated heterocycles. The summed E-state index contributed by atoms with van der Waals surface area (Å²) in [5, 5.41) is 4.10. The fraction of sp³-hybridized carbons (Fsp3) is 0.250. The third-order valence-corrected chi connectivity index (χ3v) is 4.77. The van der Waals surface area contributed by atoms with Crippen molar-refractivity contribution in [3.05, 3.63) is 45.3 Å². The van der Waals surface area contributed by atoms with Gasteiger partial charge in [-0.2, -0.15) is 9.36 Å². The SMILES string of the molecule is CCSc1nsc(NC(=O)c2cc(=O)c3c(C)cc(C)cc3o2)n1. The van der Waals surface area contributed by atoms with E-state index in [0.29, 0.717) is 21.3 Å². The Bertz CT molecular complexity index is 978. The molecule has 0 atom stereocenters. The Morgan fingerprint density at radius 3 is 2.88 bits per heavy atom. The molecule has 0 aliphatic heterocycles. The van der Waals surface area contributed by atoms with Gasteiger partial charge in [0.2, 0.25) is 10.3 Å². The van der Waals surface area contributed by atoms with Gasteiger partial charge in [0, 0.05) is 17.6 Å². The summed E-state index contributed by atoms with van der Waals surface area (Å²) >= 11 is 2.58. The molecule has 0 fully saturated rings. The molecule has 0 unspecified atom stereocenters. The lowest BCUT2D eigenvalue weighted by Crippen LogP contribution is -2.15. The second-order valence-electron chi connectivity index (χ2n) is 5.20. The van der Waals surface area contributed by atoms with E-state index < -0.39 is 5.91 Å². The van der Waals surface area contributed by atoms with Gasteiger partial charge in [-0.1, -0.05) is 24.8 Å². The lowest BCUT2D eigenvalue weighted by atomic mass is 10.1. The predicted octanol–water partition coefficient (Wildman–Crippen LogP) is 3.63. The molecule has 3 aromatic rings. The number of aryl methyl sites for hydroxylation is 2. The Kier molecular flexibility index (Phi) is 4.68. The van der Waals surface area contributed by atoms with Crippen molar-refractivity contribution >= 4 is 45.3 Å². The summed E-state index contributed by atoms with van der Waals surface area (Å²) < 4.78 is 9.76. The van der Waals surface area contributed by atoms with E-state index in [1.165, 1.54) is 17.8 Å². The van der Waals surface area contributed by atoms with Gasteiger partial charge in [-0.05, 0) is 36.8 Å². The van der Waals surface area contributed by atoms with Crippen LogP contribution >= 0.6 is 23.3 Å². The molecular formula is C16H15N3O3S2. The molecule has 6 nitrogen and oxygen atoms in total. The van der Waals surface area contributed by atoms with Crippen LogP contribution in [0, 0.1) is 13.8 Å². The number of amides is 1. The standard InChI is InChI=1S/C16H15N3O3S2/c1-4-23-16-18-15(24-19-16)17-14(21)12-7-10(20)13-9(3)5-8(2)6-11(13)22-12/h5-7H,4H2,1-3H3,(H,17,18,19,21). The first-order valence-electron chi connectivity index (χ1n) is 7.31. The van der Waals surface area contributed by atoms with Gasteiger partial charge in [0.25, 0.3) is 5.91 Å². The van der Waals surface area contributed by atoms with Crippen LogP contribution < -0.4 is 10.7 Å². The van der Waals surface area contributed by atoms with Crippen molar-refractivity contribution in [2.24, 2.45) is 0 Å². The molecule has 124 valence electrons. The minimum absolute atomic E-state index is 0.0441. The maximum atomic E-state index is 12.3. The van der Waals surface area contributed by atoms with Crippen molar-refractivity contribution in [2.45, 2.75) is 25.9 Å². The fourth-order valence-corrected chi connectivity index (χ4v) is 3.65. The zero-order valence-electron chi connectivity index (χ0n) is 13.4. The van der Waals surface area contributed by atoms with E-state index in [4.69, 9.17) is 4.42 Å². The smallest absolute Gasteiger partial charge is 0.293 e. The first kappa shape index (κ1) is 16.7. The van der Waals surface area contributed by atoms with Gasteiger partial charge in [0.05, 0.1) is 5.39 Å². The molecule has 8 heteroatoms. The quantitative estimate of drug-likeness (QED) is 0.714. The second-order valence-corrected chi connectivity index (χ2v) is 7.18. The average molecular weight is 361 g/mol. The fourth-order valence-electron chi connectivity index (χ4n) is 2.38. The maximum absolute atomic E-state index is 12.3. The number of anilines is 1. The Hall–Kier alpha value is -2.19. The van der Waals surface area contributed by atoms with E-state index in [9.17, 15) is 9.59 Å². The van der Waals surface area contributed by atoms with Crippen molar-refractivity contribution in [3.63, 3.8) is 0 Å². The van der Waals surface area contributed by atoms with Crippen molar-refractivity contribution in [2.75, 3.05) is 11.1 Å². The monoisotopic (exact) mass is 361 g/mol. The van der Waals surface area contributed by atoms with Crippen LogP contribution in [0.25, 0.3) is 11.0 Å². The molecule has 1 aromatic carbocycles.